The number of amides is 2. The summed E-state index contributed by atoms with van der Waals surface area (Å²) < 4.78 is 44.1. The van der Waals surface area contributed by atoms with Crippen LogP contribution in [0.1, 0.15) is 16.1 Å². The fourth-order valence-corrected chi connectivity index (χ4v) is 3.23. The average molecular weight is 381 g/mol. The maximum Gasteiger partial charge on any atom is 0.418 e. The van der Waals surface area contributed by atoms with Gasteiger partial charge in [-0.05, 0) is 31.2 Å². The number of anilines is 1. The van der Waals surface area contributed by atoms with Crippen molar-refractivity contribution in [3.8, 4) is 10.8 Å². The Labute approximate surface area is 150 Å². The van der Waals surface area contributed by atoms with E-state index in [0.29, 0.717) is 10.8 Å². The van der Waals surface area contributed by atoms with Crippen LogP contribution < -0.4 is 10.6 Å². The molecule has 2 amide bonds. The van der Waals surface area contributed by atoms with Crippen molar-refractivity contribution in [2.24, 2.45) is 0 Å². The number of urea groups is 1. The van der Waals surface area contributed by atoms with Crippen LogP contribution in [0.15, 0.2) is 47.1 Å². The summed E-state index contributed by atoms with van der Waals surface area (Å²) in [7, 11) is 0. The molecule has 2 aromatic heterocycles. The van der Waals surface area contributed by atoms with E-state index in [1.165, 1.54) is 35.8 Å². The van der Waals surface area contributed by atoms with Crippen molar-refractivity contribution in [1.29, 1.82) is 0 Å². The Hall–Kier alpha value is -2.81. The van der Waals surface area contributed by atoms with Crippen molar-refractivity contribution in [1.82, 2.24) is 10.3 Å². The number of nitrogens with zero attached hydrogens (tertiary/aromatic N) is 1. The van der Waals surface area contributed by atoms with E-state index in [1.807, 2.05) is 0 Å². The number of halogens is 3. The van der Waals surface area contributed by atoms with Crippen LogP contribution in [0.3, 0.4) is 0 Å². The maximum atomic E-state index is 13.0. The molecule has 3 aromatic rings. The van der Waals surface area contributed by atoms with Gasteiger partial charge < -0.3 is 15.1 Å². The van der Waals surface area contributed by atoms with Gasteiger partial charge in [0.15, 0.2) is 10.8 Å². The van der Waals surface area contributed by atoms with Gasteiger partial charge in [-0.1, -0.05) is 12.1 Å². The number of hydrogen-bond donors (Lipinski definition) is 2. The zero-order valence-corrected chi connectivity index (χ0v) is 14.4. The van der Waals surface area contributed by atoms with Crippen LogP contribution in [-0.4, -0.2) is 11.0 Å². The normalized spacial score (nSPS) is 11.4. The molecule has 0 saturated heterocycles. The summed E-state index contributed by atoms with van der Waals surface area (Å²) in [6.45, 7) is 1.93. The molecule has 0 saturated carbocycles. The number of carbonyl (C=O) groups excluding carboxylic acids is 1. The van der Waals surface area contributed by atoms with Crippen LogP contribution >= 0.6 is 11.3 Å². The van der Waals surface area contributed by atoms with Crippen molar-refractivity contribution in [2.75, 3.05) is 5.32 Å². The zero-order chi connectivity index (χ0) is 18.7. The van der Waals surface area contributed by atoms with Crippen molar-refractivity contribution < 1.29 is 22.4 Å². The Morgan fingerprint density at radius 2 is 2.00 bits per heavy atom. The molecule has 2 heterocycles. The lowest BCUT2D eigenvalue weighted by molar-refractivity contribution is -0.136. The number of aromatic nitrogens is 1. The molecule has 0 spiro atoms. The van der Waals surface area contributed by atoms with E-state index < -0.39 is 17.8 Å². The molecule has 0 radical (unpaired) electrons. The second kappa shape index (κ2) is 7.20. The van der Waals surface area contributed by atoms with Crippen LogP contribution in [-0.2, 0) is 12.7 Å². The number of carbonyl (C=O) groups is 1. The second-order valence-corrected chi connectivity index (χ2v) is 6.44. The smallest absolute Gasteiger partial charge is 0.418 e. The summed E-state index contributed by atoms with van der Waals surface area (Å²) in [5.41, 5.74) is -0.476. The first-order valence-electron chi connectivity index (χ1n) is 7.56. The Morgan fingerprint density at radius 3 is 2.69 bits per heavy atom. The molecule has 5 nitrogen and oxygen atoms in total. The van der Waals surface area contributed by atoms with Crippen molar-refractivity contribution >= 4 is 23.1 Å². The third kappa shape index (κ3) is 4.05. The number of benzene rings is 1. The molecule has 3 rings (SSSR count). The summed E-state index contributed by atoms with van der Waals surface area (Å²) in [5, 5.41) is 5.46. The van der Waals surface area contributed by atoms with Crippen LogP contribution in [0.5, 0.6) is 0 Å². The van der Waals surface area contributed by atoms with Gasteiger partial charge in [-0.25, -0.2) is 9.78 Å². The first-order chi connectivity index (χ1) is 12.3. The molecular formula is C17H14F3N3O2S. The quantitative estimate of drug-likeness (QED) is 0.664. The second-order valence-electron chi connectivity index (χ2n) is 5.36. The van der Waals surface area contributed by atoms with Gasteiger partial charge in [0.05, 0.1) is 29.8 Å². The molecule has 0 unspecified atom stereocenters. The Balaban J connectivity index is 1.66. The molecule has 26 heavy (non-hydrogen) atoms. The van der Waals surface area contributed by atoms with Crippen molar-refractivity contribution in [3.05, 3.63) is 58.8 Å². The number of thiazole rings is 1. The molecule has 0 aliphatic carbocycles. The van der Waals surface area contributed by atoms with E-state index in [0.717, 1.165) is 16.6 Å². The topological polar surface area (TPSA) is 67.2 Å². The minimum Gasteiger partial charge on any atom is -0.462 e. The number of para-hydroxylation sites is 1. The Kier molecular flexibility index (Phi) is 4.99. The highest BCUT2D eigenvalue weighted by molar-refractivity contribution is 7.15. The van der Waals surface area contributed by atoms with E-state index in [-0.39, 0.29) is 12.2 Å². The summed E-state index contributed by atoms with van der Waals surface area (Å²) in [5.74, 6) is 0.618. The van der Waals surface area contributed by atoms with Gasteiger partial charge in [0.1, 0.15) is 0 Å². The van der Waals surface area contributed by atoms with Gasteiger partial charge in [-0.2, -0.15) is 13.2 Å². The lowest BCUT2D eigenvalue weighted by atomic mass is 10.1. The lowest BCUT2D eigenvalue weighted by Crippen LogP contribution is -2.29. The number of nitrogens with one attached hydrogen (secondary N) is 2. The molecule has 9 heteroatoms. The number of rotatable bonds is 4. The summed E-state index contributed by atoms with van der Waals surface area (Å²) in [6, 6.07) is 7.60. The predicted octanol–water partition coefficient (Wildman–Crippen LogP) is 5.05. The fraction of sp³-hybridized carbons (Fsp3) is 0.176. The van der Waals surface area contributed by atoms with Gasteiger partial charge in [0.25, 0.3) is 0 Å². The highest BCUT2D eigenvalue weighted by atomic mass is 32.1. The molecule has 136 valence electrons. The summed E-state index contributed by atoms with van der Waals surface area (Å²) in [4.78, 5) is 17.1. The standard InChI is InChI=1S/C17H14F3N3O2S/c1-10-14(26-15(22-10)13-7-4-8-25-13)9-21-16(24)23-12-6-3-2-5-11(12)17(18,19)20/h2-8H,9H2,1H3,(H2,21,23,24). The Morgan fingerprint density at radius 1 is 1.23 bits per heavy atom. The predicted molar refractivity (Wildman–Crippen MR) is 91.9 cm³/mol. The average Bonchev–Trinajstić information content (AvgIpc) is 3.22. The van der Waals surface area contributed by atoms with Gasteiger partial charge >= 0.3 is 12.2 Å². The molecule has 1 aromatic carbocycles. The number of aryl methyl sites for hydroxylation is 1. The molecule has 2 N–H and O–H groups in total. The highest BCUT2D eigenvalue weighted by Gasteiger charge is 2.33. The number of furan rings is 1. The zero-order valence-electron chi connectivity index (χ0n) is 13.6. The van der Waals surface area contributed by atoms with E-state index in [9.17, 15) is 18.0 Å². The molecule has 0 atom stereocenters. The molecule has 0 fully saturated rings. The van der Waals surface area contributed by atoms with E-state index in [2.05, 4.69) is 15.6 Å². The lowest BCUT2D eigenvalue weighted by Gasteiger charge is -2.13. The van der Waals surface area contributed by atoms with Crippen LogP contribution in [0, 0.1) is 6.92 Å². The molecule has 0 aliphatic rings. The van der Waals surface area contributed by atoms with Crippen LogP contribution in [0.2, 0.25) is 0 Å². The molecular weight excluding hydrogens is 367 g/mol. The van der Waals surface area contributed by atoms with Crippen molar-refractivity contribution in [3.63, 3.8) is 0 Å². The maximum absolute atomic E-state index is 13.0. The first-order valence-corrected chi connectivity index (χ1v) is 8.37. The summed E-state index contributed by atoms with van der Waals surface area (Å²) >= 11 is 1.35. The highest BCUT2D eigenvalue weighted by Crippen LogP contribution is 2.34. The first kappa shape index (κ1) is 18.0. The summed E-state index contributed by atoms with van der Waals surface area (Å²) in [6.07, 6.45) is -3.01. The van der Waals surface area contributed by atoms with Gasteiger partial charge in [0.2, 0.25) is 0 Å². The van der Waals surface area contributed by atoms with Crippen molar-refractivity contribution in [2.45, 2.75) is 19.6 Å². The Bertz CT molecular complexity index is 904. The number of alkyl halides is 3. The minimum atomic E-state index is -4.55. The molecule has 0 aliphatic heterocycles. The van der Waals surface area contributed by atoms with Gasteiger partial charge in [-0.3, -0.25) is 0 Å². The minimum absolute atomic E-state index is 0.143. The third-order valence-electron chi connectivity index (χ3n) is 3.51. The monoisotopic (exact) mass is 381 g/mol. The van der Waals surface area contributed by atoms with Gasteiger partial charge in [-0.15, -0.1) is 11.3 Å². The van der Waals surface area contributed by atoms with Crippen LogP contribution in [0.4, 0.5) is 23.7 Å². The van der Waals surface area contributed by atoms with E-state index in [1.54, 1.807) is 19.1 Å². The van der Waals surface area contributed by atoms with Gasteiger partial charge in [0, 0.05) is 4.88 Å². The van der Waals surface area contributed by atoms with Crippen LogP contribution in [0.25, 0.3) is 10.8 Å². The van der Waals surface area contributed by atoms with E-state index in [4.69, 9.17) is 4.42 Å². The van der Waals surface area contributed by atoms with E-state index >= 15 is 0 Å². The fourth-order valence-electron chi connectivity index (χ4n) is 2.26. The largest absolute Gasteiger partial charge is 0.462 e. The number of hydrogen-bond acceptors (Lipinski definition) is 4. The molecule has 0 bridgehead atoms. The third-order valence-corrected chi connectivity index (χ3v) is 4.69. The SMILES string of the molecule is Cc1nc(-c2ccco2)sc1CNC(=O)Nc1ccccc1C(F)(F)F.